The summed E-state index contributed by atoms with van der Waals surface area (Å²) < 4.78 is 0. The first-order chi connectivity index (χ1) is 14.7. The molecule has 1 aliphatic rings. The number of hydrogen-bond acceptors (Lipinski definition) is 3. The Morgan fingerprint density at radius 1 is 0.968 bits per heavy atom. The maximum absolute atomic E-state index is 12.4. The number of likely N-dealkylation sites (tertiary alicyclic amines) is 1. The van der Waals surface area contributed by atoms with E-state index in [4.69, 9.17) is 0 Å². The van der Waals surface area contributed by atoms with Gasteiger partial charge in [0.15, 0.2) is 0 Å². The van der Waals surface area contributed by atoms with Crippen molar-refractivity contribution in [2.75, 3.05) is 19.6 Å². The van der Waals surface area contributed by atoms with Gasteiger partial charge in [-0.05, 0) is 28.7 Å². The van der Waals surface area contributed by atoms with E-state index in [0.717, 1.165) is 5.56 Å². The van der Waals surface area contributed by atoms with E-state index in [1.807, 2.05) is 54.6 Å². The Labute approximate surface area is 184 Å². The minimum absolute atomic E-state index is 0.00369. The molecular formula is C25H31N3O3. The van der Waals surface area contributed by atoms with Gasteiger partial charge in [0.25, 0.3) is 5.91 Å². The molecule has 31 heavy (non-hydrogen) atoms. The minimum atomic E-state index is -0.350. The Morgan fingerprint density at radius 2 is 1.61 bits per heavy atom. The Morgan fingerprint density at radius 3 is 2.26 bits per heavy atom. The van der Waals surface area contributed by atoms with Crippen LogP contribution < -0.4 is 10.6 Å². The number of carbonyl (C=O) groups excluding carboxylic acids is 3. The topological polar surface area (TPSA) is 78.5 Å². The molecule has 0 bridgehead atoms. The lowest BCUT2D eigenvalue weighted by Crippen LogP contribution is -2.38. The fraction of sp³-hybridized carbons (Fsp3) is 0.400. The maximum Gasteiger partial charge on any atom is 0.251 e. The number of amides is 3. The number of carbonyl (C=O) groups is 3. The Bertz CT molecular complexity index is 917. The Kier molecular flexibility index (Phi) is 7.10. The van der Waals surface area contributed by atoms with Crippen LogP contribution in [-0.2, 0) is 21.5 Å². The zero-order valence-corrected chi connectivity index (χ0v) is 18.5. The van der Waals surface area contributed by atoms with E-state index in [1.165, 1.54) is 5.56 Å². The van der Waals surface area contributed by atoms with Crippen molar-refractivity contribution in [2.24, 2.45) is 5.92 Å². The van der Waals surface area contributed by atoms with Crippen molar-refractivity contribution < 1.29 is 14.4 Å². The maximum atomic E-state index is 12.4. The van der Waals surface area contributed by atoms with E-state index in [1.54, 1.807) is 4.90 Å². The standard InChI is InChI=1S/C25H31N3O3/c1-25(2,3)21-11-9-19(10-12-21)23(30)26-13-14-27-24(31)20-15-22(29)28(17-20)16-18-7-5-4-6-8-18/h4-12,20H,13-17H2,1-3H3,(H,26,30)(H,27,31). The van der Waals surface area contributed by atoms with E-state index >= 15 is 0 Å². The lowest BCUT2D eigenvalue weighted by atomic mass is 9.87. The second kappa shape index (κ2) is 9.77. The molecule has 3 rings (SSSR count). The molecule has 0 aromatic heterocycles. The van der Waals surface area contributed by atoms with E-state index in [9.17, 15) is 14.4 Å². The SMILES string of the molecule is CC(C)(C)c1ccc(C(=O)NCCNC(=O)C2CC(=O)N(Cc3ccccc3)C2)cc1. The van der Waals surface area contributed by atoms with Gasteiger partial charge in [-0.1, -0.05) is 63.2 Å². The summed E-state index contributed by atoms with van der Waals surface area (Å²) in [4.78, 5) is 38.7. The third kappa shape index (κ3) is 6.17. The molecule has 0 spiro atoms. The third-order valence-corrected chi connectivity index (χ3v) is 5.52. The molecule has 2 aromatic carbocycles. The van der Waals surface area contributed by atoms with Gasteiger partial charge >= 0.3 is 0 Å². The van der Waals surface area contributed by atoms with Crippen molar-refractivity contribution in [1.82, 2.24) is 15.5 Å². The number of hydrogen-bond donors (Lipinski definition) is 2. The molecule has 3 amide bonds. The summed E-state index contributed by atoms with van der Waals surface area (Å²) in [6.45, 7) is 7.99. The Hall–Kier alpha value is -3.15. The quantitative estimate of drug-likeness (QED) is 0.675. The molecule has 1 atom stereocenters. The van der Waals surface area contributed by atoms with Crippen LogP contribution in [0.25, 0.3) is 0 Å². The predicted octanol–water partition coefficient (Wildman–Crippen LogP) is 2.88. The molecular weight excluding hydrogens is 390 g/mol. The van der Waals surface area contributed by atoms with Gasteiger partial charge in [0, 0.05) is 38.2 Å². The molecule has 2 N–H and O–H groups in total. The largest absolute Gasteiger partial charge is 0.354 e. The van der Waals surface area contributed by atoms with Crippen molar-refractivity contribution in [3.8, 4) is 0 Å². The second-order valence-electron chi connectivity index (χ2n) is 9.04. The molecule has 2 aromatic rings. The van der Waals surface area contributed by atoms with E-state index in [-0.39, 0.29) is 35.5 Å². The fourth-order valence-corrected chi connectivity index (χ4v) is 3.63. The van der Waals surface area contributed by atoms with Crippen molar-refractivity contribution in [1.29, 1.82) is 0 Å². The molecule has 1 unspecified atom stereocenters. The third-order valence-electron chi connectivity index (χ3n) is 5.52. The zero-order valence-electron chi connectivity index (χ0n) is 18.5. The van der Waals surface area contributed by atoms with Crippen molar-refractivity contribution in [3.05, 3.63) is 71.3 Å². The first-order valence-electron chi connectivity index (χ1n) is 10.7. The van der Waals surface area contributed by atoms with Crippen LogP contribution in [0.4, 0.5) is 0 Å². The van der Waals surface area contributed by atoms with Gasteiger partial charge < -0.3 is 15.5 Å². The van der Waals surface area contributed by atoms with Crippen LogP contribution in [0, 0.1) is 5.92 Å². The van der Waals surface area contributed by atoms with Crippen molar-refractivity contribution in [3.63, 3.8) is 0 Å². The molecule has 1 saturated heterocycles. The molecule has 1 aliphatic heterocycles. The summed E-state index contributed by atoms with van der Waals surface area (Å²) in [5.74, 6) is -0.666. The zero-order chi connectivity index (χ0) is 22.4. The molecule has 6 nitrogen and oxygen atoms in total. The van der Waals surface area contributed by atoms with Crippen molar-refractivity contribution in [2.45, 2.75) is 39.2 Å². The smallest absolute Gasteiger partial charge is 0.251 e. The van der Waals surface area contributed by atoms with Crippen LogP contribution >= 0.6 is 0 Å². The number of nitrogens with one attached hydrogen (secondary N) is 2. The molecule has 1 heterocycles. The summed E-state index contributed by atoms with van der Waals surface area (Å²) >= 11 is 0. The summed E-state index contributed by atoms with van der Waals surface area (Å²) in [5.41, 5.74) is 2.86. The van der Waals surface area contributed by atoms with Crippen LogP contribution in [-0.4, -0.2) is 42.3 Å². The van der Waals surface area contributed by atoms with Crippen LogP contribution in [0.2, 0.25) is 0 Å². The summed E-state index contributed by atoms with van der Waals surface area (Å²) in [7, 11) is 0. The van der Waals surface area contributed by atoms with Crippen LogP contribution in [0.15, 0.2) is 54.6 Å². The van der Waals surface area contributed by atoms with Gasteiger partial charge in [-0.2, -0.15) is 0 Å². The molecule has 1 fully saturated rings. The molecule has 0 aliphatic carbocycles. The van der Waals surface area contributed by atoms with Crippen LogP contribution in [0.5, 0.6) is 0 Å². The van der Waals surface area contributed by atoms with Gasteiger partial charge in [0.05, 0.1) is 5.92 Å². The van der Waals surface area contributed by atoms with Crippen molar-refractivity contribution >= 4 is 17.7 Å². The molecule has 0 saturated carbocycles. The average Bonchev–Trinajstić information content (AvgIpc) is 3.11. The van der Waals surface area contributed by atoms with E-state index in [2.05, 4.69) is 31.4 Å². The highest BCUT2D eigenvalue weighted by Gasteiger charge is 2.34. The van der Waals surface area contributed by atoms with Crippen LogP contribution in [0.3, 0.4) is 0 Å². The molecule has 164 valence electrons. The number of benzene rings is 2. The Balaban J connectivity index is 1.40. The number of nitrogens with zero attached hydrogens (tertiary/aromatic N) is 1. The summed E-state index contributed by atoms with van der Waals surface area (Å²) in [6, 6.07) is 17.3. The van der Waals surface area contributed by atoms with Gasteiger partial charge in [0.1, 0.15) is 0 Å². The van der Waals surface area contributed by atoms with E-state index in [0.29, 0.717) is 31.7 Å². The normalized spacial score (nSPS) is 16.3. The van der Waals surface area contributed by atoms with Gasteiger partial charge in [0.2, 0.25) is 11.8 Å². The minimum Gasteiger partial charge on any atom is -0.354 e. The monoisotopic (exact) mass is 421 g/mol. The lowest BCUT2D eigenvalue weighted by molar-refractivity contribution is -0.129. The highest BCUT2D eigenvalue weighted by atomic mass is 16.2. The van der Waals surface area contributed by atoms with Gasteiger partial charge in [-0.3, -0.25) is 14.4 Å². The number of rotatable bonds is 7. The molecule has 0 radical (unpaired) electrons. The lowest BCUT2D eigenvalue weighted by Gasteiger charge is -2.19. The summed E-state index contributed by atoms with van der Waals surface area (Å²) in [6.07, 6.45) is 0.227. The summed E-state index contributed by atoms with van der Waals surface area (Å²) in [5, 5.41) is 5.66. The molecule has 6 heteroatoms. The van der Waals surface area contributed by atoms with E-state index < -0.39 is 0 Å². The fourth-order valence-electron chi connectivity index (χ4n) is 3.63. The average molecular weight is 422 g/mol. The van der Waals surface area contributed by atoms with Crippen LogP contribution in [0.1, 0.15) is 48.7 Å². The van der Waals surface area contributed by atoms with Gasteiger partial charge in [-0.25, -0.2) is 0 Å². The predicted molar refractivity (Wildman–Crippen MR) is 120 cm³/mol. The van der Waals surface area contributed by atoms with Gasteiger partial charge in [-0.15, -0.1) is 0 Å². The first-order valence-corrected chi connectivity index (χ1v) is 10.7. The second-order valence-corrected chi connectivity index (χ2v) is 9.04. The highest BCUT2D eigenvalue weighted by Crippen LogP contribution is 2.22. The highest BCUT2D eigenvalue weighted by molar-refractivity contribution is 5.94. The first kappa shape index (κ1) is 22.5.